The Bertz CT molecular complexity index is 3630. The molecule has 0 N–H and O–H groups in total. The Balaban J connectivity index is 0.991. The fourth-order valence-corrected chi connectivity index (χ4v) is 10.3. The molecular formula is C65H46N2. The molecule has 0 amide bonds. The van der Waals surface area contributed by atoms with Crippen molar-refractivity contribution in [1.82, 2.24) is 9.97 Å². The molecule has 2 heteroatoms. The van der Waals surface area contributed by atoms with E-state index in [0.29, 0.717) is 5.82 Å². The molecule has 0 saturated carbocycles. The maximum atomic E-state index is 5.29. The van der Waals surface area contributed by atoms with Crippen molar-refractivity contribution < 1.29 is 0 Å². The average Bonchev–Trinajstić information content (AvgIpc) is 3.64. The monoisotopic (exact) mass is 854 g/mol. The predicted octanol–water partition coefficient (Wildman–Crippen LogP) is 17.3. The highest BCUT2D eigenvalue weighted by atomic mass is 14.9. The van der Waals surface area contributed by atoms with Crippen molar-refractivity contribution >= 4 is 10.8 Å². The van der Waals surface area contributed by atoms with Gasteiger partial charge in [-0.25, -0.2) is 9.97 Å². The second-order valence-electron chi connectivity index (χ2n) is 18.1. The van der Waals surface area contributed by atoms with Gasteiger partial charge < -0.3 is 0 Å². The molecule has 0 spiro atoms. The third-order valence-electron chi connectivity index (χ3n) is 13.7. The van der Waals surface area contributed by atoms with Crippen LogP contribution in [-0.4, -0.2) is 9.97 Å². The van der Waals surface area contributed by atoms with Crippen LogP contribution in [-0.2, 0) is 5.41 Å². The van der Waals surface area contributed by atoms with Gasteiger partial charge in [0.15, 0.2) is 5.82 Å². The van der Waals surface area contributed by atoms with Crippen LogP contribution in [0.1, 0.15) is 25.0 Å². The van der Waals surface area contributed by atoms with Crippen LogP contribution in [0.4, 0.5) is 0 Å². The van der Waals surface area contributed by atoms with Crippen LogP contribution < -0.4 is 0 Å². The summed E-state index contributed by atoms with van der Waals surface area (Å²) in [6.45, 7) is 4.70. The summed E-state index contributed by atoms with van der Waals surface area (Å²) in [5.41, 5.74) is 22.1. The zero-order valence-corrected chi connectivity index (χ0v) is 37.5. The lowest BCUT2D eigenvalue weighted by molar-refractivity contribution is 0.660. The Hall–Kier alpha value is -8.46. The highest BCUT2D eigenvalue weighted by Crippen LogP contribution is 2.52. The fourth-order valence-electron chi connectivity index (χ4n) is 10.3. The van der Waals surface area contributed by atoms with E-state index in [4.69, 9.17) is 9.97 Å². The highest BCUT2D eigenvalue weighted by molar-refractivity contribution is 6.05. The van der Waals surface area contributed by atoms with Gasteiger partial charge in [0.25, 0.3) is 0 Å². The summed E-state index contributed by atoms with van der Waals surface area (Å²) in [6, 6.07) is 87.6. The molecule has 0 aliphatic heterocycles. The van der Waals surface area contributed by atoms with Crippen molar-refractivity contribution in [2.24, 2.45) is 0 Å². The van der Waals surface area contributed by atoms with Gasteiger partial charge in [-0.3, -0.25) is 0 Å². The molecule has 2 nitrogen and oxygen atoms in total. The summed E-state index contributed by atoms with van der Waals surface area (Å²) < 4.78 is 0. The molecule has 67 heavy (non-hydrogen) atoms. The quantitative estimate of drug-likeness (QED) is 0.152. The molecule has 10 aromatic carbocycles. The second-order valence-corrected chi connectivity index (χ2v) is 18.1. The second kappa shape index (κ2) is 16.5. The van der Waals surface area contributed by atoms with Gasteiger partial charge in [-0.1, -0.05) is 226 Å². The number of hydrogen-bond acceptors (Lipinski definition) is 2. The van der Waals surface area contributed by atoms with Crippen molar-refractivity contribution in [3.8, 4) is 101 Å². The summed E-state index contributed by atoms with van der Waals surface area (Å²) in [6.07, 6.45) is 0. The van der Waals surface area contributed by atoms with Crippen LogP contribution in [0.3, 0.4) is 0 Å². The third kappa shape index (κ3) is 7.24. The normalized spacial score (nSPS) is 12.4. The largest absolute Gasteiger partial charge is 0.228 e. The minimum absolute atomic E-state index is 0.0637. The molecule has 11 aromatic rings. The highest BCUT2D eigenvalue weighted by Gasteiger charge is 2.36. The van der Waals surface area contributed by atoms with Crippen LogP contribution in [0.15, 0.2) is 243 Å². The first-order valence-electron chi connectivity index (χ1n) is 23.1. The van der Waals surface area contributed by atoms with E-state index in [1.54, 1.807) is 0 Å². The first-order chi connectivity index (χ1) is 33.0. The molecule has 1 aliphatic carbocycles. The molecule has 0 radical (unpaired) electrons. The van der Waals surface area contributed by atoms with Gasteiger partial charge >= 0.3 is 0 Å². The fraction of sp³-hybridized carbons (Fsp3) is 0.0462. The first-order valence-corrected chi connectivity index (χ1v) is 23.1. The number of hydrogen-bond donors (Lipinski definition) is 0. The van der Waals surface area contributed by atoms with Crippen LogP contribution >= 0.6 is 0 Å². The van der Waals surface area contributed by atoms with E-state index in [0.717, 1.165) is 39.0 Å². The predicted molar refractivity (Wildman–Crippen MR) is 281 cm³/mol. The molecule has 1 aliphatic rings. The average molecular weight is 855 g/mol. The third-order valence-corrected chi connectivity index (χ3v) is 13.7. The van der Waals surface area contributed by atoms with E-state index in [1.165, 1.54) is 77.7 Å². The minimum atomic E-state index is -0.0637. The Morgan fingerprint density at radius 1 is 0.269 bits per heavy atom. The first kappa shape index (κ1) is 40.1. The standard InChI is InChI=1S/C65H46N2/c1-65(2)59-30-15-14-28-58(59)63-54(29-17-31-60(63)65)49-25-16-24-48(38-49)51-39-50(44-20-8-4-9-21-44)40-52(41-51)53-36-37-57(56-27-13-12-26-55(53)56)62-42-61(66-64(67-62)47-22-10-5-11-23-47)46-34-32-45(33-35-46)43-18-6-3-7-19-43/h3-42H,1-2H3. The Morgan fingerprint density at radius 3 is 1.46 bits per heavy atom. The van der Waals surface area contributed by atoms with Crippen LogP contribution in [0.5, 0.6) is 0 Å². The lowest BCUT2D eigenvalue weighted by Gasteiger charge is -2.21. The van der Waals surface area contributed by atoms with Crippen LogP contribution in [0, 0.1) is 0 Å². The summed E-state index contributed by atoms with van der Waals surface area (Å²) in [4.78, 5) is 10.5. The molecule has 316 valence electrons. The summed E-state index contributed by atoms with van der Waals surface area (Å²) in [5, 5.41) is 2.30. The van der Waals surface area contributed by atoms with E-state index < -0.39 is 0 Å². The molecule has 12 rings (SSSR count). The van der Waals surface area contributed by atoms with Gasteiger partial charge in [-0.15, -0.1) is 0 Å². The van der Waals surface area contributed by atoms with E-state index in [2.05, 4.69) is 238 Å². The van der Waals surface area contributed by atoms with Crippen molar-refractivity contribution in [1.29, 1.82) is 0 Å². The maximum absolute atomic E-state index is 5.29. The van der Waals surface area contributed by atoms with Crippen LogP contribution in [0.2, 0.25) is 0 Å². The van der Waals surface area contributed by atoms with Gasteiger partial charge in [0.05, 0.1) is 11.4 Å². The lowest BCUT2D eigenvalue weighted by atomic mass is 9.82. The van der Waals surface area contributed by atoms with Gasteiger partial charge in [0.1, 0.15) is 0 Å². The molecule has 0 atom stereocenters. The molecule has 0 unspecified atom stereocenters. The van der Waals surface area contributed by atoms with Crippen LogP contribution in [0.25, 0.3) is 111 Å². The van der Waals surface area contributed by atoms with Gasteiger partial charge in [0.2, 0.25) is 0 Å². The zero-order chi connectivity index (χ0) is 44.9. The number of fused-ring (bicyclic) bond motifs is 4. The molecule has 0 bridgehead atoms. The number of rotatable bonds is 8. The molecule has 0 fully saturated rings. The SMILES string of the molecule is CC1(C)c2ccccc2-c2c(-c3cccc(-c4cc(-c5ccccc5)cc(-c5ccc(-c6cc(-c7ccc(-c8ccccc8)cc7)nc(-c7ccccc7)n6)c6ccccc56)c4)c3)cccc21. The van der Waals surface area contributed by atoms with E-state index >= 15 is 0 Å². The summed E-state index contributed by atoms with van der Waals surface area (Å²) in [5.74, 6) is 0.698. The molecule has 0 saturated heterocycles. The van der Waals surface area contributed by atoms with Gasteiger partial charge in [-0.05, 0) is 119 Å². The van der Waals surface area contributed by atoms with Gasteiger partial charge in [-0.2, -0.15) is 0 Å². The Labute approximate surface area is 392 Å². The number of nitrogens with zero attached hydrogens (tertiary/aromatic N) is 2. The Morgan fingerprint density at radius 2 is 0.731 bits per heavy atom. The summed E-state index contributed by atoms with van der Waals surface area (Å²) >= 11 is 0. The molecule has 1 heterocycles. The van der Waals surface area contributed by atoms with Crippen molar-refractivity contribution in [3.63, 3.8) is 0 Å². The van der Waals surface area contributed by atoms with Crippen molar-refractivity contribution in [2.45, 2.75) is 19.3 Å². The number of aromatic nitrogens is 2. The summed E-state index contributed by atoms with van der Waals surface area (Å²) in [7, 11) is 0. The molecular weight excluding hydrogens is 809 g/mol. The molecule has 1 aromatic heterocycles. The lowest BCUT2D eigenvalue weighted by Crippen LogP contribution is -2.14. The topological polar surface area (TPSA) is 25.8 Å². The van der Waals surface area contributed by atoms with E-state index in [1.807, 2.05) is 18.2 Å². The van der Waals surface area contributed by atoms with Crippen molar-refractivity contribution in [3.05, 3.63) is 254 Å². The van der Waals surface area contributed by atoms with Gasteiger partial charge in [0, 0.05) is 22.1 Å². The van der Waals surface area contributed by atoms with Crippen molar-refractivity contribution in [2.75, 3.05) is 0 Å². The Kier molecular flexibility index (Phi) is 9.88. The maximum Gasteiger partial charge on any atom is 0.160 e. The smallest absolute Gasteiger partial charge is 0.160 e. The van der Waals surface area contributed by atoms with E-state index in [9.17, 15) is 0 Å². The minimum Gasteiger partial charge on any atom is -0.228 e. The van der Waals surface area contributed by atoms with E-state index in [-0.39, 0.29) is 5.41 Å². The zero-order valence-electron chi connectivity index (χ0n) is 37.5. The number of benzene rings is 10.